The Morgan fingerprint density at radius 1 is 0.909 bits per heavy atom. The molecule has 2 heterocycles. The SMILES string of the molecule is C1CC2CNCC2CN1.CC. The van der Waals surface area contributed by atoms with Gasteiger partial charge in [0.25, 0.3) is 0 Å². The van der Waals surface area contributed by atoms with Gasteiger partial charge in [-0.25, -0.2) is 0 Å². The molecule has 2 fully saturated rings. The van der Waals surface area contributed by atoms with E-state index in [0.29, 0.717) is 0 Å². The molecule has 0 aromatic heterocycles. The Labute approximate surface area is 69.8 Å². The van der Waals surface area contributed by atoms with E-state index in [2.05, 4.69) is 10.6 Å². The van der Waals surface area contributed by atoms with Crippen LogP contribution in [-0.4, -0.2) is 26.2 Å². The first-order valence-electron chi connectivity index (χ1n) is 4.88. The van der Waals surface area contributed by atoms with Crippen molar-refractivity contribution in [2.75, 3.05) is 26.2 Å². The van der Waals surface area contributed by atoms with Gasteiger partial charge in [-0.3, -0.25) is 0 Å². The molecule has 0 bridgehead atoms. The van der Waals surface area contributed by atoms with Gasteiger partial charge in [0.1, 0.15) is 0 Å². The first kappa shape index (κ1) is 9.01. The van der Waals surface area contributed by atoms with Crippen molar-refractivity contribution in [3.63, 3.8) is 0 Å². The molecule has 0 aliphatic carbocycles. The standard InChI is InChI=1S/C7H14N2.C2H6/c1-2-8-4-7-5-9-3-6(1)7;1-2/h6-9H,1-5H2;1-2H3. The molecule has 66 valence electrons. The second kappa shape index (κ2) is 4.73. The highest BCUT2D eigenvalue weighted by atomic mass is 15.0. The zero-order chi connectivity index (χ0) is 8.10. The van der Waals surface area contributed by atoms with Crippen LogP contribution >= 0.6 is 0 Å². The van der Waals surface area contributed by atoms with Gasteiger partial charge in [0, 0.05) is 0 Å². The van der Waals surface area contributed by atoms with Gasteiger partial charge in [0.05, 0.1) is 0 Å². The maximum Gasteiger partial charge on any atom is -0.000511 e. The Hall–Kier alpha value is -0.0800. The van der Waals surface area contributed by atoms with Crippen LogP contribution in [0.1, 0.15) is 20.3 Å². The molecule has 2 heteroatoms. The lowest BCUT2D eigenvalue weighted by atomic mass is 9.90. The van der Waals surface area contributed by atoms with E-state index in [4.69, 9.17) is 0 Å². The van der Waals surface area contributed by atoms with Crippen molar-refractivity contribution in [3.05, 3.63) is 0 Å². The van der Waals surface area contributed by atoms with Gasteiger partial charge in [-0.1, -0.05) is 13.8 Å². The number of fused-ring (bicyclic) bond motifs is 1. The largest absolute Gasteiger partial charge is 0.316 e. The van der Waals surface area contributed by atoms with Crippen molar-refractivity contribution in [1.82, 2.24) is 10.6 Å². The van der Waals surface area contributed by atoms with Crippen LogP contribution in [0.15, 0.2) is 0 Å². The molecule has 0 amide bonds. The lowest BCUT2D eigenvalue weighted by molar-refractivity contribution is 0.318. The summed E-state index contributed by atoms with van der Waals surface area (Å²) in [6.07, 6.45) is 1.39. The molecule has 2 nitrogen and oxygen atoms in total. The molecule has 0 aromatic rings. The molecule has 2 aliphatic heterocycles. The second-order valence-electron chi connectivity index (χ2n) is 3.17. The Bertz CT molecular complexity index is 91.7. The zero-order valence-electron chi connectivity index (χ0n) is 7.69. The summed E-state index contributed by atoms with van der Waals surface area (Å²) in [7, 11) is 0. The lowest BCUT2D eigenvalue weighted by Crippen LogP contribution is -2.35. The molecule has 2 unspecified atom stereocenters. The molecule has 2 aliphatic rings. The summed E-state index contributed by atoms with van der Waals surface area (Å²) in [4.78, 5) is 0. The van der Waals surface area contributed by atoms with Gasteiger partial charge in [-0.2, -0.15) is 0 Å². The van der Waals surface area contributed by atoms with Crippen LogP contribution in [0.4, 0.5) is 0 Å². The molecule has 0 radical (unpaired) electrons. The summed E-state index contributed by atoms with van der Waals surface area (Å²) in [5, 5.41) is 6.84. The molecule has 2 atom stereocenters. The smallest absolute Gasteiger partial charge is 0.000511 e. The number of rotatable bonds is 0. The Balaban J connectivity index is 0.000000281. The minimum absolute atomic E-state index is 0.943. The van der Waals surface area contributed by atoms with Crippen molar-refractivity contribution in [3.8, 4) is 0 Å². The van der Waals surface area contributed by atoms with Crippen LogP contribution in [0.3, 0.4) is 0 Å². The van der Waals surface area contributed by atoms with E-state index in [1.54, 1.807) is 0 Å². The molecular weight excluding hydrogens is 136 g/mol. The third-order valence-corrected chi connectivity index (χ3v) is 2.58. The quantitative estimate of drug-likeness (QED) is 0.543. The lowest BCUT2D eigenvalue weighted by Gasteiger charge is -2.24. The third-order valence-electron chi connectivity index (χ3n) is 2.58. The average Bonchev–Trinajstić information content (AvgIpc) is 2.55. The Morgan fingerprint density at radius 3 is 2.27 bits per heavy atom. The molecule has 11 heavy (non-hydrogen) atoms. The average molecular weight is 156 g/mol. The van der Waals surface area contributed by atoms with E-state index in [9.17, 15) is 0 Å². The first-order valence-corrected chi connectivity index (χ1v) is 4.88. The summed E-state index contributed by atoms with van der Waals surface area (Å²) >= 11 is 0. The van der Waals surface area contributed by atoms with E-state index >= 15 is 0 Å². The summed E-state index contributed by atoms with van der Waals surface area (Å²) in [5.74, 6) is 1.94. The van der Waals surface area contributed by atoms with E-state index in [0.717, 1.165) is 11.8 Å². The molecule has 2 N–H and O–H groups in total. The number of nitrogens with one attached hydrogen (secondary N) is 2. The maximum atomic E-state index is 3.42. The molecule has 2 rings (SSSR count). The molecule has 0 saturated carbocycles. The fourth-order valence-electron chi connectivity index (χ4n) is 1.94. The zero-order valence-corrected chi connectivity index (χ0v) is 7.69. The van der Waals surface area contributed by atoms with Crippen LogP contribution < -0.4 is 10.6 Å². The predicted octanol–water partition coefficient (Wildman–Crippen LogP) is 0.841. The highest BCUT2D eigenvalue weighted by Gasteiger charge is 2.28. The van der Waals surface area contributed by atoms with Gasteiger partial charge < -0.3 is 10.6 Å². The van der Waals surface area contributed by atoms with Crippen LogP contribution in [0, 0.1) is 11.8 Å². The fraction of sp³-hybridized carbons (Fsp3) is 1.00. The van der Waals surface area contributed by atoms with Gasteiger partial charge in [0.2, 0.25) is 0 Å². The Morgan fingerprint density at radius 2 is 1.55 bits per heavy atom. The molecule has 0 spiro atoms. The van der Waals surface area contributed by atoms with Crippen LogP contribution in [0.25, 0.3) is 0 Å². The van der Waals surface area contributed by atoms with E-state index in [1.807, 2.05) is 13.8 Å². The fourth-order valence-corrected chi connectivity index (χ4v) is 1.94. The second-order valence-corrected chi connectivity index (χ2v) is 3.17. The van der Waals surface area contributed by atoms with Crippen molar-refractivity contribution >= 4 is 0 Å². The Kier molecular flexibility index (Phi) is 3.87. The van der Waals surface area contributed by atoms with Crippen molar-refractivity contribution in [2.24, 2.45) is 11.8 Å². The highest BCUT2D eigenvalue weighted by Crippen LogP contribution is 2.21. The van der Waals surface area contributed by atoms with E-state index < -0.39 is 0 Å². The van der Waals surface area contributed by atoms with Crippen LogP contribution in [0.2, 0.25) is 0 Å². The van der Waals surface area contributed by atoms with E-state index in [-0.39, 0.29) is 0 Å². The predicted molar refractivity (Wildman–Crippen MR) is 48.7 cm³/mol. The van der Waals surface area contributed by atoms with Crippen molar-refractivity contribution < 1.29 is 0 Å². The van der Waals surface area contributed by atoms with Gasteiger partial charge in [-0.05, 0) is 44.4 Å². The third kappa shape index (κ3) is 2.17. The highest BCUT2D eigenvalue weighted by molar-refractivity contribution is 4.85. The topological polar surface area (TPSA) is 24.1 Å². The van der Waals surface area contributed by atoms with Crippen molar-refractivity contribution in [2.45, 2.75) is 20.3 Å². The van der Waals surface area contributed by atoms with Crippen molar-refractivity contribution in [1.29, 1.82) is 0 Å². The number of hydrogen-bond acceptors (Lipinski definition) is 2. The summed E-state index contributed by atoms with van der Waals surface area (Å²) in [6, 6.07) is 0. The monoisotopic (exact) mass is 156 g/mol. The van der Waals surface area contributed by atoms with Crippen LogP contribution in [-0.2, 0) is 0 Å². The summed E-state index contributed by atoms with van der Waals surface area (Å²) < 4.78 is 0. The molecule has 2 saturated heterocycles. The number of piperidine rings is 1. The number of hydrogen-bond donors (Lipinski definition) is 2. The van der Waals surface area contributed by atoms with E-state index in [1.165, 1.54) is 32.6 Å². The minimum atomic E-state index is 0.943. The summed E-state index contributed by atoms with van der Waals surface area (Å²) in [5.41, 5.74) is 0. The molecule has 0 aromatic carbocycles. The molecular formula is C9H20N2. The van der Waals surface area contributed by atoms with Crippen LogP contribution in [0.5, 0.6) is 0 Å². The first-order chi connectivity index (χ1) is 5.47. The van der Waals surface area contributed by atoms with Gasteiger partial charge in [0.15, 0.2) is 0 Å². The van der Waals surface area contributed by atoms with Gasteiger partial charge in [-0.15, -0.1) is 0 Å². The maximum absolute atomic E-state index is 3.42. The summed E-state index contributed by atoms with van der Waals surface area (Å²) in [6.45, 7) is 9.00. The normalized spacial score (nSPS) is 35.5. The minimum Gasteiger partial charge on any atom is -0.316 e. The van der Waals surface area contributed by atoms with Gasteiger partial charge >= 0.3 is 0 Å².